The van der Waals surface area contributed by atoms with E-state index in [0.717, 1.165) is 33.0 Å². The van der Waals surface area contributed by atoms with Crippen molar-refractivity contribution in [1.29, 1.82) is 0 Å². The summed E-state index contributed by atoms with van der Waals surface area (Å²) in [4.78, 5) is 12.2. The molecule has 0 aromatic heterocycles. The largest absolute Gasteiger partial charge is 0.491 e. The van der Waals surface area contributed by atoms with E-state index in [2.05, 4.69) is 5.32 Å². The summed E-state index contributed by atoms with van der Waals surface area (Å²) < 4.78 is 11.5. The fourth-order valence-corrected chi connectivity index (χ4v) is 2.68. The SMILES string of the molecule is Cc1ccc(C)c(OCCNC(=O)[C@H](C)Oc2cc(C)c(Cl)c(C)c2)c1. The maximum absolute atomic E-state index is 12.2. The van der Waals surface area contributed by atoms with Gasteiger partial charge in [-0.3, -0.25) is 4.79 Å². The number of nitrogens with one attached hydrogen (secondary N) is 1. The molecule has 2 rings (SSSR count). The van der Waals surface area contributed by atoms with Crippen LogP contribution in [0.5, 0.6) is 11.5 Å². The van der Waals surface area contributed by atoms with Crippen LogP contribution in [0, 0.1) is 27.7 Å². The zero-order valence-electron chi connectivity index (χ0n) is 16.0. The number of rotatable bonds is 7. The second-order valence-corrected chi connectivity index (χ2v) is 6.92. The fraction of sp³-hybridized carbons (Fsp3) is 0.381. The Morgan fingerprint density at radius 1 is 1.08 bits per heavy atom. The van der Waals surface area contributed by atoms with Crippen molar-refractivity contribution in [2.24, 2.45) is 0 Å². The van der Waals surface area contributed by atoms with Crippen molar-refractivity contribution >= 4 is 17.5 Å². The molecular formula is C21H26ClNO3. The summed E-state index contributed by atoms with van der Waals surface area (Å²) in [6.07, 6.45) is -0.601. The molecule has 0 saturated heterocycles. The molecule has 26 heavy (non-hydrogen) atoms. The Kier molecular flexibility index (Phi) is 6.92. The first-order valence-corrected chi connectivity index (χ1v) is 9.07. The van der Waals surface area contributed by atoms with Gasteiger partial charge in [-0.1, -0.05) is 23.7 Å². The predicted octanol–water partition coefficient (Wildman–Crippen LogP) is 4.54. The zero-order valence-corrected chi connectivity index (χ0v) is 16.7. The number of hydrogen-bond acceptors (Lipinski definition) is 3. The second kappa shape index (κ2) is 8.95. The van der Waals surface area contributed by atoms with Crippen LogP contribution in [0.25, 0.3) is 0 Å². The fourth-order valence-electron chi connectivity index (χ4n) is 2.57. The van der Waals surface area contributed by atoms with Crippen LogP contribution in [0.15, 0.2) is 30.3 Å². The van der Waals surface area contributed by atoms with Gasteiger partial charge in [-0.15, -0.1) is 0 Å². The highest BCUT2D eigenvalue weighted by molar-refractivity contribution is 6.32. The van der Waals surface area contributed by atoms with Crippen LogP contribution in [0.2, 0.25) is 5.02 Å². The van der Waals surface area contributed by atoms with Crippen LogP contribution >= 0.6 is 11.6 Å². The van der Waals surface area contributed by atoms with Crippen molar-refractivity contribution in [2.75, 3.05) is 13.2 Å². The highest BCUT2D eigenvalue weighted by Crippen LogP contribution is 2.26. The minimum Gasteiger partial charge on any atom is -0.491 e. The van der Waals surface area contributed by atoms with Crippen LogP contribution in [0.3, 0.4) is 0 Å². The van der Waals surface area contributed by atoms with Crippen LogP contribution in [-0.2, 0) is 4.79 Å². The van der Waals surface area contributed by atoms with Gasteiger partial charge in [0.1, 0.15) is 18.1 Å². The predicted molar refractivity (Wildman–Crippen MR) is 105 cm³/mol. The Morgan fingerprint density at radius 3 is 2.38 bits per heavy atom. The van der Waals surface area contributed by atoms with Crippen molar-refractivity contribution in [3.05, 3.63) is 57.6 Å². The quantitative estimate of drug-likeness (QED) is 0.723. The number of halogens is 1. The Bertz CT molecular complexity index is 766. The third kappa shape index (κ3) is 5.40. The molecule has 1 N–H and O–H groups in total. The maximum Gasteiger partial charge on any atom is 0.260 e. The normalized spacial score (nSPS) is 11.8. The lowest BCUT2D eigenvalue weighted by Crippen LogP contribution is -2.38. The molecule has 4 nitrogen and oxygen atoms in total. The van der Waals surface area contributed by atoms with Gasteiger partial charge in [0.2, 0.25) is 0 Å². The van der Waals surface area contributed by atoms with Gasteiger partial charge in [0.15, 0.2) is 6.10 Å². The molecule has 0 radical (unpaired) electrons. The van der Waals surface area contributed by atoms with E-state index in [4.69, 9.17) is 21.1 Å². The van der Waals surface area contributed by atoms with Crippen LogP contribution in [0.1, 0.15) is 29.2 Å². The van der Waals surface area contributed by atoms with Crippen molar-refractivity contribution in [3.63, 3.8) is 0 Å². The summed E-state index contributed by atoms with van der Waals surface area (Å²) in [5.41, 5.74) is 4.07. The number of aryl methyl sites for hydroxylation is 4. The monoisotopic (exact) mass is 375 g/mol. The summed E-state index contributed by atoms with van der Waals surface area (Å²) in [6.45, 7) is 10.4. The van der Waals surface area contributed by atoms with E-state index >= 15 is 0 Å². The number of carbonyl (C=O) groups excluding carboxylic acids is 1. The Labute approximate surface area is 160 Å². The summed E-state index contributed by atoms with van der Waals surface area (Å²) in [6, 6.07) is 9.73. The van der Waals surface area contributed by atoms with Gasteiger partial charge in [0.05, 0.1) is 6.54 Å². The van der Waals surface area contributed by atoms with Gasteiger partial charge in [-0.2, -0.15) is 0 Å². The van der Waals surface area contributed by atoms with E-state index in [9.17, 15) is 4.79 Å². The molecular weight excluding hydrogens is 350 g/mol. The van der Waals surface area contributed by atoms with E-state index in [1.165, 1.54) is 0 Å². The van der Waals surface area contributed by atoms with Gasteiger partial charge in [-0.25, -0.2) is 0 Å². The second-order valence-electron chi connectivity index (χ2n) is 6.54. The smallest absolute Gasteiger partial charge is 0.260 e. The number of hydrogen-bond donors (Lipinski definition) is 1. The Hall–Kier alpha value is -2.20. The molecule has 0 spiro atoms. The lowest BCUT2D eigenvalue weighted by molar-refractivity contribution is -0.127. The summed E-state index contributed by atoms with van der Waals surface area (Å²) >= 11 is 6.16. The van der Waals surface area contributed by atoms with E-state index < -0.39 is 6.10 Å². The van der Waals surface area contributed by atoms with Gasteiger partial charge in [0.25, 0.3) is 5.91 Å². The average Bonchev–Trinajstić information content (AvgIpc) is 2.59. The molecule has 1 atom stereocenters. The molecule has 1 amide bonds. The van der Waals surface area contributed by atoms with Crippen LogP contribution < -0.4 is 14.8 Å². The Balaban J connectivity index is 1.81. The van der Waals surface area contributed by atoms with E-state index in [0.29, 0.717) is 18.9 Å². The van der Waals surface area contributed by atoms with Gasteiger partial charge >= 0.3 is 0 Å². The lowest BCUT2D eigenvalue weighted by atomic mass is 10.1. The highest BCUT2D eigenvalue weighted by Gasteiger charge is 2.15. The maximum atomic E-state index is 12.2. The van der Waals surface area contributed by atoms with Crippen molar-refractivity contribution in [1.82, 2.24) is 5.32 Å². The molecule has 2 aromatic carbocycles. The molecule has 2 aromatic rings. The molecule has 0 aliphatic rings. The number of ether oxygens (including phenoxy) is 2. The molecule has 140 valence electrons. The first kappa shape index (κ1) is 20.1. The summed E-state index contributed by atoms with van der Waals surface area (Å²) in [5.74, 6) is 1.30. The van der Waals surface area contributed by atoms with Gasteiger partial charge in [0, 0.05) is 5.02 Å². The van der Waals surface area contributed by atoms with Crippen molar-refractivity contribution < 1.29 is 14.3 Å². The molecule has 0 unspecified atom stereocenters. The summed E-state index contributed by atoms with van der Waals surface area (Å²) in [5, 5.41) is 3.55. The Morgan fingerprint density at radius 2 is 1.73 bits per heavy atom. The summed E-state index contributed by atoms with van der Waals surface area (Å²) in [7, 11) is 0. The molecule has 0 heterocycles. The molecule has 0 aliphatic carbocycles. The minimum absolute atomic E-state index is 0.181. The van der Waals surface area contributed by atoms with Crippen molar-refractivity contribution in [2.45, 2.75) is 40.7 Å². The number of benzene rings is 2. The van der Waals surface area contributed by atoms with E-state index in [1.54, 1.807) is 6.92 Å². The van der Waals surface area contributed by atoms with Crippen LogP contribution in [0.4, 0.5) is 0 Å². The average molecular weight is 376 g/mol. The number of amides is 1. The van der Waals surface area contributed by atoms with Gasteiger partial charge < -0.3 is 14.8 Å². The standard InChI is InChI=1S/C21H26ClNO3/c1-13-6-7-14(2)19(10-13)25-9-8-23-21(24)17(5)26-18-11-15(3)20(22)16(4)12-18/h6-7,10-12,17H,8-9H2,1-5H3,(H,23,24)/t17-/m0/s1. The highest BCUT2D eigenvalue weighted by atomic mass is 35.5. The number of carbonyl (C=O) groups is 1. The molecule has 0 aliphatic heterocycles. The van der Waals surface area contributed by atoms with Crippen LogP contribution in [-0.4, -0.2) is 25.2 Å². The third-order valence-corrected chi connectivity index (χ3v) is 4.69. The molecule has 0 fully saturated rings. The molecule has 5 heteroatoms. The minimum atomic E-state index is -0.601. The van der Waals surface area contributed by atoms with E-state index in [-0.39, 0.29) is 5.91 Å². The lowest BCUT2D eigenvalue weighted by Gasteiger charge is -2.16. The van der Waals surface area contributed by atoms with E-state index in [1.807, 2.05) is 58.0 Å². The topological polar surface area (TPSA) is 47.6 Å². The third-order valence-electron chi connectivity index (χ3n) is 4.09. The first-order valence-electron chi connectivity index (χ1n) is 8.69. The van der Waals surface area contributed by atoms with Gasteiger partial charge in [-0.05, 0) is 75.1 Å². The molecule has 0 saturated carbocycles. The van der Waals surface area contributed by atoms with Crippen molar-refractivity contribution in [3.8, 4) is 11.5 Å². The first-order chi connectivity index (χ1) is 12.3. The zero-order chi connectivity index (χ0) is 19.3. The molecule has 0 bridgehead atoms.